The molecule has 3 aromatic rings. The first kappa shape index (κ1) is 16.7. The highest BCUT2D eigenvalue weighted by Gasteiger charge is 2.33. The van der Waals surface area contributed by atoms with Crippen LogP contribution in [0, 0.1) is 0 Å². The van der Waals surface area contributed by atoms with Gasteiger partial charge in [0.1, 0.15) is 18.1 Å². The minimum Gasteiger partial charge on any atom is -0.508 e. The van der Waals surface area contributed by atoms with Crippen LogP contribution in [0.4, 0.5) is 0 Å². The van der Waals surface area contributed by atoms with Gasteiger partial charge in [0.05, 0.1) is 17.8 Å². The van der Waals surface area contributed by atoms with Crippen molar-refractivity contribution in [1.29, 1.82) is 0 Å². The smallest absolute Gasteiger partial charge is 0.257 e. The molecule has 0 aliphatic carbocycles. The van der Waals surface area contributed by atoms with Crippen molar-refractivity contribution >= 4 is 17.2 Å². The fourth-order valence-corrected chi connectivity index (χ4v) is 4.16. The van der Waals surface area contributed by atoms with Gasteiger partial charge in [-0.25, -0.2) is 0 Å². The summed E-state index contributed by atoms with van der Waals surface area (Å²) < 4.78 is 7.56. The molecular formula is C19H19N3O3S. The van der Waals surface area contributed by atoms with Gasteiger partial charge in [-0.3, -0.25) is 9.48 Å². The Hall–Kier alpha value is -2.80. The third kappa shape index (κ3) is 3.17. The third-order valence-corrected chi connectivity index (χ3v) is 5.55. The van der Waals surface area contributed by atoms with Gasteiger partial charge in [-0.1, -0.05) is 0 Å². The van der Waals surface area contributed by atoms with E-state index in [1.165, 1.54) is 4.88 Å². The number of aryl methyl sites for hydroxylation is 1. The van der Waals surface area contributed by atoms with Crippen molar-refractivity contribution in [2.75, 3.05) is 13.2 Å². The summed E-state index contributed by atoms with van der Waals surface area (Å²) in [6.07, 6.45) is 4.20. The minimum atomic E-state index is -0.147. The molecule has 1 N–H and O–H groups in total. The van der Waals surface area contributed by atoms with E-state index in [1.54, 1.807) is 59.7 Å². The molecule has 4 rings (SSSR count). The zero-order valence-corrected chi connectivity index (χ0v) is 15.1. The van der Waals surface area contributed by atoms with Crippen molar-refractivity contribution in [3.8, 4) is 11.5 Å². The molecule has 0 saturated heterocycles. The summed E-state index contributed by atoms with van der Waals surface area (Å²) in [7, 11) is 1.80. The molecule has 0 spiro atoms. The Balaban J connectivity index is 1.58. The minimum absolute atomic E-state index is 0.0331. The lowest BCUT2D eigenvalue weighted by Crippen LogP contribution is -2.42. The zero-order valence-electron chi connectivity index (χ0n) is 14.3. The van der Waals surface area contributed by atoms with Crippen LogP contribution < -0.4 is 4.74 Å². The van der Waals surface area contributed by atoms with Crippen LogP contribution >= 0.6 is 11.3 Å². The number of hydrogen-bond donors (Lipinski definition) is 1. The Labute approximate surface area is 155 Å². The zero-order chi connectivity index (χ0) is 18.1. The summed E-state index contributed by atoms with van der Waals surface area (Å²) >= 11 is 1.72. The molecule has 0 radical (unpaired) electrons. The van der Waals surface area contributed by atoms with Gasteiger partial charge in [0, 0.05) is 24.7 Å². The number of benzene rings is 1. The lowest BCUT2D eigenvalue weighted by atomic mass is 10.00. The van der Waals surface area contributed by atoms with Crippen LogP contribution in [-0.4, -0.2) is 38.8 Å². The van der Waals surface area contributed by atoms with Crippen molar-refractivity contribution in [3.05, 3.63) is 64.1 Å². The monoisotopic (exact) mass is 369 g/mol. The number of rotatable bonds is 4. The first-order valence-corrected chi connectivity index (χ1v) is 9.27. The number of aromatic nitrogens is 2. The summed E-state index contributed by atoms with van der Waals surface area (Å²) in [6.45, 7) is 1.02. The number of aromatic hydroxyl groups is 1. The highest BCUT2D eigenvalue weighted by Crippen LogP contribution is 2.34. The van der Waals surface area contributed by atoms with Gasteiger partial charge >= 0.3 is 0 Å². The fourth-order valence-electron chi connectivity index (χ4n) is 3.23. The standard InChI is InChI=1S/C19H19N3O3S/c1-21-11-13(10-20-21)19(24)22-8-6-18-16(7-9-26-18)17(22)12-25-15-4-2-14(23)3-5-15/h2-5,7,9-11,17,23H,6,8,12H2,1H3. The third-order valence-electron chi connectivity index (χ3n) is 4.55. The summed E-state index contributed by atoms with van der Waals surface area (Å²) in [5.41, 5.74) is 1.73. The highest BCUT2D eigenvalue weighted by atomic mass is 32.1. The molecule has 2 aromatic heterocycles. The molecule has 1 aliphatic rings. The van der Waals surface area contributed by atoms with Crippen LogP contribution in [0.15, 0.2) is 48.1 Å². The second-order valence-electron chi connectivity index (χ2n) is 6.27. The van der Waals surface area contributed by atoms with Crippen molar-refractivity contribution in [2.45, 2.75) is 12.5 Å². The van der Waals surface area contributed by atoms with Crippen molar-refractivity contribution < 1.29 is 14.6 Å². The maximum Gasteiger partial charge on any atom is 0.257 e. The second-order valence-corrected chi connectivity index (χ2v) is 7.27. The van der Waals surface area contributed by atoms with E-state index >= 15 is 0 Å². The number of ether oxygens (including phenoxy) is 1. The average molecular weight is 369 g/mol. The summed E-state index contributed by atoms with van der Waals surface area (Å²) in [5.74, 6) is 0.830. The number of phenols is 1. The number of amides is 1. The lowest BCUT2D eigenvalue weighted by molar-refractivity contribution is 0.0592. The number of carbonyl (C=O) groups is 1. The highest BCUT2D eigenvalue weighted by molar-refractivity contribution is 7.10. The van der Waals surface area contributed by atoms with Gasteiger partial charge in [0.25, 0.3) is 5.91 Å². The molecule has 0 bridgehead atoms. The van der Waals surface area contributed by atoms with E-state index in [9.17, 15) is 9.90 Å². The van der Waals surface area contributed by atoms with E-state index in [0.717, 1.165) is 12.0 Å². The van der Waals surface area contributed by atoms with Crippen LogP contribution in [0.25, 0.3) is 0 Å². The molecule has 7 heteroatoms. The van der Waals surface area contributed by atoms with Crippen LogP contribution in [0.3, 0.4) is 0 Å². The van der Waals surface area contributed by atoms with Gasteiger partial charge < -0.3 is 14.7 Å². The fraction of sp³-hybridized carbons (Fsp3) is 0.263. The van der Waals surface area contributed by atoms with Gasteiger partial charge in [0.2, 0.25) is 0 Å². The van der Waals surface area contributed by atoms with E-state index in [1.807, 2.05) is 4.90 Å². The Morgan fingerprint density at radius 2 is 2.15 bits per heavy atom. The Morgan fingerprint density at radius 1 is 1.35 bits per heavy atom. The molecule has 0 fully saturated rings. The Morgan fingerprint density at radius 3 is 2.88 bits per heavy atom. The van der Waals surface area contributed by atoms with E-state index in [0.29, 0.717) is 24.5 Å². The number of thiophene rings is 1. The molecule has 26 heavy (non-hydrogen) atoms. The van der Waals surface area contributed by atoms with Crippen LogP contribution in [-0.2, 0) is 13.5 Å². The molecule has 1 atom stereocenters. The van der Waals surface area contributed by atoms with Gasteiger partial charge in [-0.2, -0.15) is 5.10 Å². The van der Waals surface area contributed by atoms with Crippen LogP contribution in [0.1, 0.15) is 26.8 Å². The SMILES string of the molecule is Cn1cc(C(=O)N2CCc3sccc3C2COc2ccc(O)cc2)cn1. The second kappa shape index (κ2) is 6.84. The maximum absolute atomic E-state index is 13.0. The first-order chi connectivity index (χ1) is 12.6. The molecule has 1 unspecified atom stereocenters. The van der Waals surface area contributed by atoms with Crippen molar-refractivity contribution in [2.24, 2.45) is 7.05 Å². The van der Waals surface area contributed by atoms with E-state index < -0.39 is 0 Å². The number of fused-ring (bicyclic) bond motifs is 1. The van der Waals surface area contributed by atoms with Crippen molar-refractivity contribution in [3.63, 3.8) is 0 Å². The Kier molecular flexibility index (Phi) is 4.38. The number of carbonyl (C=O) groups excluding carboxylic acids is 1. The first-order valence-electron chi connectivity index (χ1n) is 8.39. The van der Waals surface area contributed by atoms with Gasteiger partial charge in [0.15, 0.2) is 0 Å². The predicted octanol–water partition coefficient (Wildman–Crippen LogP) is 3.01. The quantitative estimate of drug-likeness (QED) is 0.768. The maximum atomic E-state index is 13.0. The van der Waals surface area contributed by atoms with Gasteiger partial charge in [-0.15, -0.1) is 11.3 Å². The van der Waals surface area contributed by atoms with Crippen LogP contribution in [0.2, 0.25) is 0 Å². The molecule has 1 amide bonds. The normalized spacial score (nSPS) is 16.3. The Bertz CT molecular complexity index is 916. The van der Waals surface area contributed by atoms with Gasteiger partial charge in [-0.05, 0) is 47.7 Å². The molecule has 3 heterocycles. The molecule has 1 aliphatic heterocycles. The molecular weight excluding hydrogens is 350 g/mol. The molecule has 134 valence electrons. The van der Waals surface area contributed by atoms with Crippen molar-refractivity contribution in [1.82, 2.24) is 14.7 Å². The summed E-state index contributed by atoms with van der Waals surface area (Å²) in [4.78, 5) is 16.2. The summed E-state index contributed by atoms with van der Waals surface area (Å²) in [6, 6.07) is 8.55. The lowest BCUT2D eigenvalue weighted by Gasteiger charge is -2.35. The summed E-state index contributed by atoms with van der Waals surface area (Å²) in [5, 5.41) is 15.6. The van der Waals surface area contributed by atoms with E-state index in [4.69, 9.17) is 4.74 Å². The van der Waals surface area contributed by atoms with E-state index in [-0.39, 0.29) is 17.7 Å². The number of phenolic OH excluding ortho intramolecular Hbond substituents is 1. The average Bonchev–Trinajstić information content (AvgIpc) is 3.29. The van der Waals surface area contributed by atoms with Crippen LogP contribution in [0.5, 0.6) is 11.5 Å². The largest absolute Gasteiger partial charge is 0.508 e. The topological polar surface area (TPSA) is 67.6 Å². The molecule has 0 saturated carbocycles. The number of hydrogen-bond acceptors (Lipinski definition) is 5. The molecule has 6 nitrogen and oxygen atoms in total. The van der Waals surface area contributed by atoms with E-state index in [2.05, 4.69) is 16.5 Å². The molecule has 1 aromatic carbocycles. The number of nitrogens with zero attached hydrogens (tertiary/aromatic N) is 3. The predicted molar refractivity (Wildman–Crippen MR) is 98.6 cm³/mol.